The molecule has 1 aliphatic heterocycles. The topological polar surface area (TPSA) is 122 Å². The molecule has 3 atom stereocenters. The number of allylic oxidation sites excluding steroid dienone is 2. The number of rotatable bonds is 15. The molecule has 0 aromatic heterocycles. The number of amides is 2. The monoisotopic (exact) mass is 562 g/mol. The molecular formula is C32H38N2O7. The van der Waals surface area contributed by atoms with Crippen LogP contribution in [0.5, 0.6) is 0 Å². The lowest BCUT2D eigenvalue weighted by Crippen LogP contribution is -2.50. The van der Waals surface area contributed by atoms with Crippen molar-refractivity contribution in [3.63, 3.8) is 0 Å². The number of carbonyl (C=O) groups is 4. The molecule has 0 saturated heterocycles. The van der Waals surface area contributed by atoms with Gasteiger partial charge in [0.2, 0.25) is 11.8 Å². The average Bonchev–Trinajstić information content (AvgIpc) is 3.00. The molecule has 2 N–H and O–H groups in total. The van der Waals surface area contributed by atoms with Crippen molar-refractivity contribution < 1.29 is 33.8 Å². The Morgan fingerprint density at radius 3 is 2.39 bits per heavy atom. The van der Waals surface area contributed by atoms with E-state index in [1.807, 2.05) is 42.5 Å². The Morgan fingerprint density at radius 1 is 1.00 bits per heavy atom. The molecule has 2 amide bonds. The zero-order valence-electron chi connectivity index (χ0n) is 23.2. The molecule has 0 bridgehead atoms. The number of aliphatic hydroxyl groups excluding tert-OH is 1. The first-order valence-corrected chi connectivity index (χ1v) is 13.7. The van der Waals surface area contributed by atoms with Crippen LogP contribution in [0.25, 0.3) is 0 Å². The smallest absolute Gasteiger partial charge is 0.332 e. The van der Waals surface area contributed by atoms with Crippen molar-refractivity contribution in [2.75, 3.05) is 13.2 Å². The number of nitrogens with zero attached hydrogens (tertiary/aromatic N) is 1. The van der Waals surface area contributed by atoms with E-state index >= 15 is 0 Å². The fourth-order valence-electron chi connectivity index (χ4n) is 4.61. The van der Waals surface area contributed by atoms with Gasteiger partial charge in [0.1, 0.15) is 13.2 Å². The van der Waals surface area contributed by atoms with Crippen molar-refractivity contribution >= 4 is 23.8 Å². The van der Waals surface area contributed by atoms with Crippen LogP contribution in [-0.2, 0) is 48.2 Å². The molecule has 0 aliphatic carbocycles. The van der Waals surface area contributed by atoms with Crippen LogP contribution in [0.1, 0.15) is 42.4 Å². The second-order valence-electron chi connectivity index (χ2n) is 9.92. The minimum absolute atomic E-state index is 0.0238. The molecule has 0 saturated carbocycles. The van der Waals surface area contributed by atoms with Crippen LogP contribution >= 0.6 is 0 Å². The molecule has 3 rings (SSSR count). The van der Waals surface area contributed by atoms with Gasteiger partial charge in [-0.3, -0.25) is 14.4 Å². The van der Waals surface area contributed by atoms with Crippen LogP contribution in [0.15, 0.2) is 79.9 Å². The van der Waals surface area contributed by atoms with Crippen LogP contribution in [0.4, 0.5) is 0 Å². The van der Waals surface area contributed by atoms with Gasteiger partial charge < -0.3 is 24.8 Å². The highest BCUT2D eigenvalue weighted by Gasteiger charge is 2.33. The molecule has 41 heavy (non-hydrogen) atoms. The summed E-state index contributed by atoms with van der Waals surface area (Å²) in [7, 11) is 0. The Bertz CT molecular complexity index is 1210. The van der Waals surface area contributed by atoms with E-state index < -0.39 is 42.5 Å². The summed E-state index contributed by atoms with van der Waals surface area (Å²) >= 11 is 0. The molecule has 0 fully saturated rings. The highest BCUT2D eigenvalue weighted by molar-refractivity contribution is 5.89. The Kier molecular flexibility index (Phi) is 12.3. The Morgan fingerprint density at radius 2 is 1.71 bits per heavy atom. The van der Waals surface area contributed by atoms with Crippen LogP contribution in [0, 0.1) is 5.92 Å². The maximum atomic E-state index is 13.4. The van der Waals surface area contributed by atoms with Crippen molar-refractivity contribution in [1.82, 2.24) is 10.2 Å². The van der Waals surface area contributed by atoms with Gasteiger partial charge >= 0.3 is 11.9 Å². The molecule has 0 spiro atoms. The summed E-state index contributed by atoms with van der Waals surface area (Å²) in [6, 6.07) is 15.1. The van der Waals surface area contributed by atoms with Crippen molar-refractivity contribution in [2.24, 2.45) is 5.92 Å². The first-order valence-electron chi connectivity index (χ1n) is 13.7. The Labute approximate surface area is 240 Å². The van der Waals surface area contributed by atoms with E-state index in [2.05, 4.69) is 18.5 Å². The molecule has 2 aromatic carbocycles. The number of nitrogens with one attached hydrogen (secondary N) is 1. The molecule has 2 aromatic rings. The van der Waals surface area contributed by atoms with Crippen molar-refractivity contribution in [2.45, 2.75) is 57.3 Å². The van der Waals surface area contributed by atoms with Gasteiger partial charge in [0.25, 0.3) is 0 Å². The summed E-state index contributed by atoms with van der Waals surface area (Å²) in [5.74, 6) is -3.01. The van der Waals surface area contributed by atoms with Gasteiger partial charge in [-0.2, -0.15) is 0 Å². The quantitative estimate of drug-likeness (QED) is 0.252. The minimum Gasteiger partial charge on any atom is -0.463 e. The number of hydrogen-bond donors (Lipinski definition) is 2. The molecule has 9 heteroatoms. The fraction of sp³-hybridized carbons (Fsp3) is 0.375. The van der Waals surface area contributed by atoms with Gasteiger partial charge in [0.15, 0.2) is 6.04 Å². The summed E-state index contributed by atoms with van der Waals surface area (Å²) in [6.45, 7) is 6.97. The van der Waals surface area contributed by atoms with E-state index in [-0.39, 0.29) is 38.4 Å². The highest BCUT2D eigenvalue weighted by atomic mass is 16.6. The summed E-state index contributed by atoms with van der Waals surface area (Å²) < 4.78 is 10.6. The number of fused-ring (bicyclic) bond motifs is 1. The first kappa shape index (κ1) is 31.3. The summed E-state index contributed by atoms with van der Waals surface area (Å²) in [5, 5.41) is 12.6. The van der Waals surface area contributed by atoms with Gasteiger partial charge in [-0.15, -0.1) is 13.2 Å². The number of benzene rings is 2. The van der Waals surface area contributed by atoms with Crippen LogP contribution in [0.3, 0.4) is 0 Å². The zero-order chi connectivity index (χ0) is 29.6. The number of esters is 2. The van der Waals surface area contributed by atoms with E-state index in [1.54, 1.807) is 23.1 Å². The van der Waals surface area contributed by atoms with Gasteiger partial charge in [-0.05, 0) is 36.0 Å². The van der Waals surface area contributed by atoms with E-state index in [9.17, 15) is 24.3 Å². The van der Waals surface area contributed by atoms with E-state index in [0.29, 0.717) is 19.4 Å². The van der Waals surface area contributed by atoms with Gasteiger partial charge in [0.05, 0.1) is 18.6 Å². The maximum absolute atomic E-state index is 13.4. The van der Waals surface area contributed by atoms with E-state index in [4.69, 9.17) is 9.47 Å². The molecule has 1 heterocycles. The number of hydrogen-bond acceptors (Lipinski definition) is 7. The van der Waals surface area contributed by atoms with Gasteiger partial charge in [0, 0.05) is 19.4 Å². The van der Waals surface area contributed by atoms with E-state index in [1.165, 1.54) is 6.08 Å². The molecular weight excluding hydrogens is 524 g/mol. The molecule has 0 unspecified atom stereocenters. The lowest BCUT2D eigenvalue weighted by molar-refractivity contribution is -0.155. The van der Waals surface area contributed by atoms with Crippen molar-refractivity contribution in [3.05, 3.63) is 96.6 Å². The number of ether oxygens (including phenoxy) is 2. The van der Waals surface area contributed by atoms with E-state index in [0.717, 1.165) is 16.7 Å². The Balaban J connectivity index is 1.69. The Hall–Kier alpha value is -4.24. The van der Waals surface area contributed by atoms with Crippen LogP contribution in [-0.4, -0.2) is 59.1 Å². The second-order valence-corrected chi connectivity index (χ2v) is 9.92. The van der Waals surface area contributed by atoms with Crippen molar-refractivity contribution in [3.8, 4) is 0 Å². The van der Waals surface area contributed by atoms with Crippen molar-refractivity contribution in [1.29, 1.82) is 0 Å². The standard InChI is InChI=1S/C32H38N2O7/c1-3-5-16-30(37)40-22-28(32(39)41-21-23-12-7-6-8-13-23)33-31(38)25(11-4-2)18-29(36)34-19-26-15-10-9-14-24(26)17-27(34)20-35/h3-4,6-10,12-15,25,27-28,35H,1-2,5,11,16-22H2,(H,33,38)/t25-,27+,28-/m1/s1. The largest absolute Gasteiger partial charge is 0.463 e. The summed E-state index contributed by atoms with van der Waals surface area (Å²) in [6.07, 6.45) is 4.15. The maximum Gasteiger partial charge on any atom is 0.332 e. The average molecular weight is 563 g/mol. The SMILES string of the molecule is C=CCCC(=O)OC[C@@H](NC(=O)[C@H](CC=C)CC(=O)N1Cc2ccccc2C[C@H]1CO)C(=O)OCc1ccccc1. The van der Waals surface area contributed by atoms with Gasteiger partial charge in [-0.1, -0.05) is 66.7 Å². The molecule has 218 valence electrons. The molecule has 9 nitrogen and oxygen atoms in total. The predicted octanol–water partition coefficient (Wildman–Crippen LogP) is 3.25. The van der Waals surface area contributed by atoms with Gasteiger partial charge in [-0.25, -0.2) is 4.79 Å². The summed E-state index contributed by atoms with van der Waals surface area (Å²) in [4.78, 5) is 53.4. The third-order valence-electron chi connectivity index (χ3n) is 6.92. The molecule has 0 radical (unpaired) electrons. The first-order chi connectivity index (χ1) is 19.9. The lowest BCUT2D eigenvalue weighted by atomic mass is 9.92. The second kappa shape index (κ2) is 16.1. The lowest BCUT2D eigenvalue weighted by Gasteiger charge is -2.36. The number of aliphatic hydroxyl groups is 1. The minimum atomic E-state index is -1.27. The predicted molar refractivity (Wildman–Crippen MR) is 153 cm³/mol. The molecule has 1 aliphatic rings. The fourth-order valence-corrected chi connectivity index (χ4v) is 4.61. The number of carbonyl (C=O) groups excluding carboxylic acids is 4. The van der Waals surface area contributed by atoms with Crippen LogP contribution in [0.2, 0.25) is 0 Å². The van der Waals surface area contributed by atoms with Crippen LogP contribution < -0.4 is 5.32 Å². The highest BCUT2D eigenvalue weighted by Crippen LogP contribution is 2.25. The normalized spacial score (nSPS) is 15.5. The third-order valence-corrected chi connectivity index (χ3v) is 6.92. The third kappa shape index (κ3) is 9.42. The zero-order valence-corrected chi connectivity index (χ0v) is 23.2. The summed E-state index contributed by atoms with van der Waals surface area (Å²) in [5.41, 5.74) is 2.83.